The van der Waals surface area contributed by atoms with Gasteiger partial charge in [0, 0.05) is 29.6 Å². The summed E-state index contributed by atoms with van der Waals surface area (Å²) in [5.41, 5.74) is 1.94. The van der Waals surface area contributed by atoms with Gasteiger partial charge in [-0.05, 0) is 31.4 Å². The summed E-state index contributed by atoms with van der Waals surface area (Å²) in [5, 5.41) is 9.26. The molecule has 0 saturated heterocycles. The van der Waals surface area contributed by atoms with Crippen molar-refractivity contribution in [1.29, 1.82) is 0 Å². The van der Waals surface area contributed by atoms with Gasteiger partial charge in [0.15, 0.2) is 0 Å². The zero-order chi connectivity index (χ0) is 20.7. The van der Waals surface area contributed by atoms with Gasteiger partial charge in [0.1, 0.15) is 12.3 Å². The van der Waals surface area contributed by atoms with Crippen molar-refractivity contribution >= 4 is 29.1 Å². The molecule has 1 aromatic carbocycles. The lowest BCUT2D eigenvalue weighted by Crippen LogP contribution is -2.55. The van der Waals surface area contributed by atoms with E-state index in [0.717, 1.165) is 22.8 Å². The molecule has 0 aliphatic heterocycles. The average molecular weight is 386 g/mol. The van der Waals surface area contributed by atoms with Gasteiger partial charge in [0.25, 0.3) is 0 Å². The molecule has 2 aromatic rings. The molecule has 0 radical (unpaired) electrons. The standard InChI is InChI=1S/C21H30N4O3/c1-5-14(4)19(25-21(28)23-13(2)3)20(27)24-16(12-26)10-15-11-22-18-9-7-6-8-17(15)18/h6-9,11-14,16,19,22H,5,10H2,1-4H3,(H,24,27)(H2,23,25,28)/t14-,16+,19+/m1/s1. The summed E-state index contributed by atoms with van der Waals surface area (Å²) >= 11 is 0. The summed E-state index contributed by atoms with van der Waals surface area (Å²) < 4.78 is 0. The van der Waals surface area contributed by atoms with Crippen LogP contribution in [0.15, 0.2) is 30.5 Å². The molecule has 0 fully saturated rings. The van der Waals surface area contributed by atoms with Crippen LogP contribution in [0.1, 0.15) is 39.7 Å². The van der Waals surface area contributed by atoms with Crippen LogP contribution in [0, 0.1) is 5.92 Å². The van der Waals surface area contributed by atoms with Gasteiger partial charge in [-0.25, -0.2) is 4.79 Å². The van der Waals surface area contributed by atoms with E-state index in [4.69, 9.17) is 0 Å². The number of hydrogen-bond donors (Lipinski definition) is 4. The zero-order valence-corrected chi connectivity index (χ0v) is 16.9. The van der Waals surface area contributed by atoms with Crippen molar-refractivity contribution < 1.29 is 14.4 Å². The first-order valence-corrected chi connectivity index (χ1v) is 9.73. The van der Waals surface area contributed by atoms with E-state index in [-0.39, 0.29) is 17.9 Å². The lowest BCUT2D eigenvalue weighted by atomic mass is 9.97. The SMILES string of the molecule is CC[C@@H](C)[C@H](NC(=O)NC(C)C)C(=O)N[C@H](C=O)Cc1c[nH]c2ccccc12. The fourth-order valence-corrected chi connectivity index (χ4v) is 3.09. The minimum atomic E-state index is -0.714. The number of H-pyrrole nitrogens is 1. The summed E-state index contributed by atoms with van der Waals surface area (Å²) in [6, 6.07) is 5.99. The van der Waals surface area contributed by atoms with Gasteiger partial charge in [0.2, 0.25) is 5.91 Å². The predicted molar refractivity (Wildman–Crippen MR) is 110 cm³/mol. The van der Waals surface area contributed by atoms with E-state index >= 15 is 0 Å². The maximum Gasteiger partial charge on any atom is 0.315 e. The molecule has 0 spiro atoms. The molecular weight excluding hydrogens is 356 g/mol. The van der Waals surface area contributed by atoms with Crippen molar-refractivity contribution in [2.24, 2.45) is 5.92 Å². The first-order valence-electron chi connectivity index (χ1n) is 9.73. The van der Waals surface area contributed by atoms with Crippen molar-refractivity contribution in [3.63, 3.8) is 0 Å². The first kappa shape index (κ1) is 21.5. The molecule has 3 atom stereocenters. The van der Waals surface area contributed by atoms with Crippen molar-refractivity contribution in [2.75, 3.05) is 0 Å². The van der Waals surface area contributed by atoms with Crippen molar-refractivity contribution in [1.82, 2.24) is 20.9 Å². The van der Waals surface area contributed by atoms with Gasteiger partial charge in [-0.3, -0.25) is 4.79 Å². The molecule has 0 aliphatic rings. The van der Waals surface area contributed by atoms with Crippen molar-refractivity contribution in [2.45, 2.75) is 58.7 Å². The second-order valence-corrected chi connectivity index (χ2v) is 7.45. The topological polar surface area (TPSA) is 103 Å². The van der Waals surface area contributed by atoms with E-state index in [0.29, 0.717) is 12.8 Å². The third-order valence-corrected chi connectivity index (χ3v) is 4.81. The number of para-hydroxylation sites is 1. The Labute approximate surface area is 165 Å². The van der Waals surface area contributed by atoms with Crippen LogP contribution in [0.3, 0.4) is 0 Å². The Hall–Kier alpha value is -2.83. The Morgan fingerprint density at radius 1 is 1.11 bits per heavy atom. The number of aldehydes is 1. The number of aromatic nitrogens is 1. The Morgan fingerprint density at radius 3 is 2.46 bits per heavy atom. The molecule has 0 unspecified atom stereocenters. The Balaban J connectivity index is 2.08. The number of nitrogens with one attached hydrogen (secondary N) is 4. The minimum Gasteiger partial charge on any atom is -0.361 e. The van der Waals surface area contributed by atoms with Crippen LogP contribution in [0.2, 0.25) is 0 Å². The van der Waals surface area contributed by atoms with Crippen LogP contribution >= 0.6 is 0 Å². The van der Waals surface area contributed by atoms with Gasteiger partial charge >= 0.3 is 6.03 Å². The van der Waals surface area contributed by atoms with Gasteiger partial charge in [-0.2, -0.15) is 0 Å². The number of aromatic amines is 1. The molecule has 7 nitrogen and oxygen atoms in total. The molecule has 2 rings (SSSR count). The van der Waals surface area contributed by atoms with Crippen LogP contribution in [0.25, 0.3) is 10.9 Å². The molecule has 4 N–H and O–H groups in total. The summed E-state index contributed by atoms with van der Waals surface area (Å²) in [4.78, 5) is 39.7. The molecule has 1 heterocycles. The number of hydrogen-bond acceptors (Lipinski definition) is 3. The first-order chi connectivity index (χ1) is 13.3. The normalized spacial score (nSPS) is 14.3. The average Bonchev–Trinajstić information content (AvgIpc) is 3.07. The lowest BCUT2D eigenvalue weighted by molar-refractivity contribution is -0.126. The highest BCUT2D eigenvalue weighted by Crippen LogP contribution is 2.19. The number of urea groups is 1. The molecule has 7 heteroatoms. The van der Waals surface area contributed by atoms with Crippen molar-refractivity contribution in [3.8, 4) is 0 Å². The number of rotatable bonds is 9. The highest BCUT2D eigenvalue weighted by Gasteiger charge is 2.28. The van der Waals surface area contributed by atoms with Crippen LogP contribution in [0.5, 0.6) is 0 Å². The highest BCUT2D eigenvalue weighted by atomic mass is 16.2. The minimum absolute atomic E-state index is 0.0368. The maximum atomic E-state index is 12.8. The van der Waals surface area contributed by atoms with E-state index in [2.05, 4.69) is 20.9 Å². The molecule has 28 heavy (non-hydrogen) atoms. The monoisotopic (exact) mass is 386 g/mol. The van der Waals surface area contributed by atoms with Crippen LogP contribution in [-0.4, -0.2) is 41.3 Å². The smallest absolute Gasteiger partial charge is 0.315 e. The molecular formula is C21H30N4O3. The quantitative estimate of drug-likeness (QED) is 0.498. The van der Waals surface area contributed by atoms with E-state index < -0.39 is 18.1 Å². The summed E-state index contributed by atoms with van der Waals surface area (Å²) in [5.74, 6) is -0.427. The number of carbonyl (C=O) groups excluding carboxylic acids is 3. The highest BCUT2D eigenvalue weighted by molar-refractivity contribution is 5.89. The Kier molecular flexibility index (Phi) is 7.61. The van der Waals surface area contributed by atoms with Crippen molar-refractivity contribution in [3.05, 3.63) is 36.0 Å². The summed E-state index contributed by atoms with van der Waals surface area (Å²) in [6.07, 6.45) is 3.69. The van der Waals surface area contributed by atoms with E-state index in [1.807, 2.05) is 58.2 Å². The molecule has 0 bridgehead atoms. The second kappa shape index (κ2) is 9.92. The van der Waals surface area contributed by atoms with E-state index in [9.17, 15) is 14.4 Å². The van der Waals surface area contributed by atoms with Gasteiger partial charge < -0.3 is 25.7 Å². The fraction of sp³-hybridized carbons (Fsp3) is 0.476. The zero-order valence-electron chi connectivity index (χ0n) is 16.9. The third-order valence-electron chi connectivity index (χ3n) is 4.81. The largest absolute Gasteiger partial charge is 0.361 e. The van der Waals surface area contributed by atoms with Gasteiger partial charge in [0.05, 0.1) is 6.04 Å². The van der Waals surface area contributed by atoms with Crippen LogP contribution in [-0.2, 0) is 16.0 Å². The fourth-order valence-electron chi connectivity index (χ4n) is 3.09. The number of carbonyl (C=O) groups is 3. The van der Waals surface area contributed by atoms with Gasteiger partial charge in [-0.1, -0.05) is 38.5 Å². The second-order valence-electron chi connectivity index (χ2n) is 7.45. The van der Waals surface area contributed by atoms with E-state index in [1.165, 1.54) is 0 Å². The van der Waals surface area contributed by atoms with Gasteiger partial charge in [-0.15, -0.1) is 0 Å². The number of benzene rings is 1. The Morgan fingerprint density at radius 2 is 1.82 bits per heavy atom. The Bertz CT molecular complexity index is 815. The van der Waals surface area contributed by atoms with Crippen LogP contribution < -0.4 is 16.0 Å². The molecule has 152 valence electrons. The maximum absolute atomic E-state index is 12.8. The number of amides is 3. The molecule has 3 amide bonds. The number of fused-ring (bicyclic) bond motifs is 1. The molecule has 0 aliphatic carbocycles. The summed E-state index contributed by atoms with van der Waals surface area (Å²) in [7, 11) is 0. The third kappa shape index (κ3) is 5.58. The predicted octanol–water partition coefficient (Wildman–Crippen LogP) is 2.52. The van der Waals surface area contributed by atoms with Crippen LogP contribution in [0.4, 0.5) is 4.79 Å². The lowest BCUT2D eigenvalue weighted by Gasteiger charge is -2.25. The molecule has 0 saturated carbocycles. The summed E-state index contributed by atoms with van der Waals surface area (Å²) in [6.45, 7) is 7.55. The van der Waals surface area contributed by atoms with E-state index in [1.54, 1.807) is 0 Å². The molecule has 1 aromatic heterocycles.